The number of ketones is 1. The minimum Gasteiger partial charge on any atom is -0.396 e. The zero-order valence-electron chi connectivity index (χ0n) is 33.2. The second-order valence-corrected chi connectivity index (χ2v) is 16.5. The van der Waals surface area contributed by atoms with Gasteiger partial charge in [0.2, 0.25) is 0 Å². The molecule has 0 aromatic heterocycles. The number of thioether (sulfide) groups is 2. The van der Waals surface area contributed by atoms with Crippen molar-refractivity contribution >= 4 is 40.7 Å². The van der Waals surface area contributed by atoms with Gasteiger partial charge in [-0.15, -0.1) is 23.5 Å². The van der Waals surface area contributed by atoms with Crippen LogP contribution in [0.2, 0.25) is 0 Å². The lowest BCUT2D eigenvalue weighted by atomic mass is 9.83. The first-order chi connectivity index (χ1) is 27.3. The van der Waals surface area contributed by atoms with Gasteiger partial charge in [0.25, 0.3) is 11.4 Å². The summed E-state index contributed by atoms with van der Waals surface area (Å²) in [6.45, 7) is 8.56. The van der Waals surface area contributed by atoms with Crippen LogP contribution in [-0.4, -0.2) is 50.6 Å². The quantitative estimate of drug-likeness (QED) is 0.0342. The fourth-order valence-corrected chi connectivity index (χ4v) is 9.04. The highest BCUT2D eigenvalue weighted by Gasteiger charge is 2.29. The van der Waals surface area contributed by atoms with E-state index in [1.54, 1.807) is 30.0 Å². The Balaban J connectivity index is 0.000000394. The van der Waals surface area contributed by atoms with E-state index in [1.807, 2.05) is 13.0 Å². The van der Waals surface area contributed by atoms with Crippen molar-refractivity contribution in [2.45, 2.75) is 95.3 Å². The van der Waals surface area contributed by atoms with E-state index in [-0.39, 0.29) is 53.8 Å². The SMILES string of the molecule is CCCC[C@@](CC)(CO)CSc1ccc(F)cc1C(=O)c1cccc([N+](=O)[O-])c1.CCCC[C@@](CC)(CO)CSc1ccc(F)cc1Cc1cccc([N+](=O)[O-])c1.[HH]. The molecule has 57 heavy (non-hydrogen) atoms. The summed E-state index contributed by atoms with van der Waals surface area (Å²) in [5.41, 5.74) is 1.34. The number of carbonyl (C=O) groups is 1. The summed E-state index contributed by atoms with van der Waals surface area (Å²) in [5.74, 6) is 0.0297. The average molecular weight is 827 g/mol. The molecule has 0 aliphatic rings. The number of nitro groups is 2. The van der Waals surface area contributed by atoms with Crippen LogP contribution in [0, 0.1) is 42.7 Å². The molecule has 4 rings (SSSR count). The van der Waals surface area contributed by atoms with Gasteiger partial charge < -0.3 is 10.2 Å². The number of aliphatic hydroxyl groups is 2. The van der Waals surface area contributed by atoms with Crippen molar-refractivity contribution in [1.29, 1.82) is 0 Å². The smallest absolute Gasteiger partial charge is 0.270 e. The highest BCUT2D eigenvalue weighted by molar-refractivity contribution is 7.99. The van der Waals surface area contributed by atoms with Crippen molar-refractivity contribution < 1.29 is 35.1 Å². The molecule has 2 N–H and O–H groups in total. The summed E-state index contributed by atoms with van der Waals surface area (Å²) in [5, 5.41) is 42.0. The number of hydrogen-bond acceptors (Lipinski definition) is 9. The molecular formula is C44H56F2N2O7S2. The van der Waals surface area contributed by atoms with E-state index < -0.39 is 21.4 Å². The van der Waals surface area contributed by atoms with Crippen molar-refractivity contribution in [2.75, 3.05) is 24.7 Å². The third-order valence-electron chi connectivity index (χ3n) is 10.4. The Hall–Kier alpha value is -4.17. The first-order valence-corrected chi connectivity index (χ1v) is 21.3. The van der Waals surface area contributed by atoms with E-state index in [0.717, 1.165) is 73.1 Å². The highest BCUT2D eigenvalue weighted by Crippen LogP contribution is 2.39. The Kier molecular flexibility index (Phi) is 19.3. The average Bonchev–Trinajstić information content (AvgIpc) is 3.22. The number of hydrogen-bond donors (Lipinski definition) is 2. The van der Waals surface area contributed by atoms with Crippen LogP contribution in [0.25, 0.3) is 0 Å². The lowest BCUT2D eigenvalue weighted by molar-refractivity contribution is -0.385. The molecule has 4 aromatic rings. The van der Waals surface area contributed by atoms with Crippen LogP contribution in [0.3, 0.4) is 0 Å². The largest absolute Gasteiger partial charge is 0.396 e. The molecule has 0 saturated carbocycles. The maximum Gasteiger partial charge on any atom is 0.270 e. The van der Waals surface area contributed by atoms with Gasteiger partial charge >= 0.3 is 0 Å². The number of non-ortho nitro benzene ring substituents is 2. The number of nitrogens with zero attached hydrogens (tertiary/aromatic N) is 2. The predicted molar refractivity (Wildman–Crippen MR) is 227 cm³/mol. The highest BCUT2D eigenvalue weighted by atomic mass is 32.2. The second-order valence-electron chi connectivity index (χ2n) is 14.4. The molecule has 9 nitrogen and oxygen atoms in total. The van der Waals surface area contributed by atoms with Crippen LogP contribution in [0.4, 0.5) is 20.2 Å². The summed E-state index contributed by atoms with van der Waals surface area (Å²) in [4.78, 5) is 35.6. The molecule has 0 aliphatic carbocycles. The van der Waals surface area contributed by atoms with E-state index in [4.69, 9.17) is 0 Å². The van der Waals surface area contributed by atoms with E-state index in [0.29, 0.717) is 17.1 Å². The number of rotatable bonds is 22. The lowest BCUT2D eigenvalue weighted by Gasteiger charge is -2.30. The van der Waals surface area contributed by atoms with Crippen molar-refractivity contribution in [3.8, 4) is 0 Å². The minimum absolute atomic E-state index is 0. The molecule has 0 bridgehead atoms. The molecule has 0 fully saturated rings. The number of aliphatic hydroxyl groups excluding tert-OH is 2. The number of nitro benzene ring substituents is 2. The van der Waals surface area contributed by atoms with Crippen LogP contribution in [0.1, 0.15) is 108 Å². The molecular weight excluding hydrogens is 771 g/mol. The summed E-state index contributed by atoms with van der Waals surface area (Å²) in [6.07, 6.45) is 8.12. The van der Waals surface area contributed by atoms with Gasteiger partial charge in [-0.05, 0) is 79.6 Å². The molecule has 0 radical (unpaired) electrons. The summed E-state index contributed by atoms with van der Waals surface area (Å²) < 4.78 is 27.8. The molecule has 0 saturated heterocycles. The summed E-state index contributed by atoms with van der Waals surface area (Å²) >= 11 is 3.05. The van der Waals surface area contributed by atoms with Crippen LogP contribution >= 0.6 is 23.5 Å². The molecule has 0 unspecified atom stereocenters. The first-order valence-electron chi connectivity index (χ1n) is 19.4. The zero-order chi connectivity index (χ0) is 42.0. The maximum absolute atomic E-state index is 13.9. The van der Waals surface area contributed by atoms with Gasteiger partial charge in [0.1, 0.15) is 11.6 Å². The summed E-state index contributed by atoms with van der Waals surface area (Å²) in [6, 6.07) is 20.6. The van der Waals surface area contributed by atoms with Crippen LogP contribution in [0.5, 0.6) is 0 Å². The van der Waals surface area contributed by atoms with Gasteiger partial charge in [-0.3, -0.25) is 25.0 Å². The lowest BCUT2D eigenvalue weighted by Crippen LogP contribution is -2.27. The van der Waals surface area contributed by atoms with E-state index in [1.165, 1.54) is 72.4 Å². The predicted octanol–water partition coefficient (Wildman–Crippen LogP) is 11.9. The van der Waals surface area contributed by atoms with Gasteiger partial charge in [0.05, 0.1) is 9.85 Å². The normalized spacial score (nSPS) is 13.2. The number of benzene rings is 4. The zero-order valence-corrected chi connectivity index (χ0v) is 34.8. The first kappa shape index (κ1) is 47.2. The molecule has 0 amide bonds. The number of carbonyl (C=O) groups excluding carboxylic acids is 1. The van der Waals surface area contributed by atoms with Crippen LogP contribution in [-0.2, 0) is 6.42 Å². The van der Waals surface area contributed by atoms with Gasteiger partial charge in [-0.2, -0.15) is 0 Å². The van der Waals surface area contributed by atoms with E-state index >= 15 is 0 Å². The van der Waals surface area contributed by atoms with Gasteiger partial charge in [0.15, 0.2) is 5.78 Å². The molecule has 13 heteroatoms. The third-order valence-corrected chi connectivity index (χ3v) is 13.3. The summed E-state index contributed by atoms with van der Waals surface area (Å²) in [7, 11) is 0. The van der Waals surface area contributed by atoms with Gasteiger partial charge in [0, 0.05) is 82.2 Å². The van der Waals surface area contributed by atoms with E-state index in [9.17, 15) is 44.0 Å². The number of halogens is 2. The molecule has 0 aliphatic heterocycles. The Bertz CT molecular complexity index is 1940. The van der Waals surface area contributed by atoms with Crippen molar-refractivity contribution in [3.63, 3.8) is 0 Å². The van der Waals surface area contributed by atoms with E-state index in [2.05, 4.69) is 20.8 Å². The van der Waals surface area contributed by atoms with Crippen molar-refractivity contribution in [3.05, 3.63) is 139 Å². The Morgan fingerprint density at radius 3 is 1.74 bits per heavy atom. The van der Waals surface area contributed by atoms with Gasteiger partial charge in [-0.25, -0.2) is 8.78 Å². The maximum atomic E-state index is 13.9. The molecule has 0 spiro atoms. The molecule has 4 aromatic carbocycles. The Morgan fingerprint density at radius 1 is 0.702 bits per heavy atom. The van der Waals surface area contributed by atoms with Gasteiger partial charge in [-0.1, -0.05) is 77.6 Å². The Labute approximate surface area is 344 Å². The van der Waals surface area contributed by atoms with Crippen LogP contribution < -0.4 is 0 Å². The standard InChI is InChI=1S/C22H26FNO4S.C22H28FNO3S.H2/c1-3-5-11-22(4-2,14-25)15-29-20-10-9-17(23)13-19(20)21(26)16-7-6-8-18(12-16)24(27)28;1-3-5-11-22(4-2,15-25)16-28-21-10-9-19(23)14-18(21)12-17-7-6-8-20(13-17)24(26)27;/h6-10,12-13,25H,3-5,11,14-15H2,1-2H3;6-10,13-14,25H,3-5,11-12,15-16H2,1-2H3;1H/t2*22-;/m00./s1. The number of unbranched alkanes of at least 4 members (excludes halogenated alkanes) is 2. The van der Waals surface area contributed by atoms with Crippen LogP contribution in [0.15, 0.2) is 94.7 Å². The van der Waals surface area contributed by atoms with Crippen molar-refractivity contribution in [2.24, 2.45) is 10.8 Å². The third kappa shape index (κ3) is 14.0. The fraction of sp³-hybridized carbons (Fsp3) is 0.432. The topological polar surface area (TPSA) is 144 Å². The Morgan fingerprint density at radius 2 is 1.21 bits per heavy atom. The molecule has 2 atom stereocenters. The minimum atomic E-state index is -0.567. The molecule has 0 heterocycles. The molecule has 310 valence electrons. The fourth-order valence-electron chi connectivity index (χ4n) is 6.29. The second kappa shape index (κ2) is 23.3. The monoisotopic (exact) mass is 826 g/mol. The van der Waals surface area contributed by atoms with Crippen molar-refractivity contribution in [1.82, 2.24) is 0 Å².